The number of hydrogen-bond acceptors (Lipinski definition) is 6. The third-order valence-electron chi connectivity index (χ3n) is 3.24. The highest BCUT2D eigenvalue weighted by Crippen LogP contribution is 2.28. The molecule has 0 saturated carbocycles. The van der Waals surface area contributed by atoms with Gasteiger partial charge in [0.2, 0.25) is 0 Å². The Kier molecular flexibility index (Phi) is 5.47. The van der Waals surface area contributed by atoms with Gasteiger partial charge >= 0.3 is 0 Å². The van der Waals surface area contributed by atoms with Gasteiger partial charge in [-0.3, -0.25) is 24.6 Å². The third-order valence-corrected chi connectivity index (χ3v) is 5.00. The van der Waals surface area contributed by atoms with Gasteiger partial charge in [-0.25, -0.2) is 23.0 Å². The first-order valence-electron chi connectivity index (χ1n) is 6.88. The van der Waals surface area contributed by atoms with Gasteiger partial charge in [0.05, 0.1) is 15.5 Å². The summed E-state index contributed by atoms with van der Waals surface area (Å²) in [5.41, 5.74) is 0.556. The molecule has 0 fully saturated rings. The Morgan fingerprint density at radius 3 is 2.50 bits per heavy atom. The molecule has 3 N–H and O–H groups in total. The van der Waals surface area contributed by atoms with E-state index in [0.29, 0.717) is 10.4 Å². The molecule has 0 saturated heterocycles. The minimum atomic E-state index is -4.60. The number of amides is 1. The van der Waals surface area contributed by atoms with Crippen molar-refractivity contribution < 1.29 is 26.9 Å². The highest BCUT2D eigenvalue weighted by Gasteiger charge is 2.30. The predicted octanol–water partition coefficient (Wildman–Crippen LogP) is 1.06. The van der Waals surface area contributed by atoms with Crippen LogP contribution in [0.3, 0.4) is 0 Å². The van der Waals surface area contributed by atoms with E-state index in [4.69, 9.17) is 5.84 Å². The van der Waals surface area contributed by atoms with Gasteiger partial charge in [-0.15, -0.1) is 0 Å². The maximum Gasteiger partial charge on any atom is 0.270 e. The topological polar surface area (TPSA) is 136 Å². The number of benzene rings is 2. The van der Waals surface area contributed by atoms with Gasteiger partial charge in [0.15, 0.2) is 0 Å². The number of carbonyl (C=O) groups excluding carboxylic acids is 1. The van der Waals surface area contributed by atoms with Crippen LogP contribution in [0.1, 0.15) is 0 Å². The molecule has 2 aromatic rings. The summed E-state index contributed by atoms with van der Waals surface area (Å²) in [6.07, 6.45) is 0. The summed E-state index contributed by atoms with van der Waals surface area (Å²) in [6, 6.07) is 6.03. The number of nitrogens with zero attached hydrogens (tertiary/aromatic N) is 2. The lowest BCUT2D eigenvalue weighted by molar-refractivity contribution is -0.385. The molecule has 0 aliphatic rings. The van der Waals surface area contributed by atoms with Crippen molar-refractivity contribution in [3.63, 3.8) is 0 Å². The Balaban J connectivity index is 2.61. The van der Waals surface area contributed by atoms with Crippen LogP contribution in [0.2, 0.25) is 0 Å². The molecule has 9 nitrogen and oxygen atoms in total. The fourth-order valence-corrected chi connectivity index (χ4v) is 3.51. The number of sulfonamides is 1. The van der Waals surface area contributed by atoms with E-state index in [1.54, 1.807) is 5.43 Å². The SMILES string of the molecule is NNC(=O)CN(c1ccc(F)cc1F)S(=O)(=O)c1cccc([N+](=O)[O-])c1. The van der Waals surface area contributed by atoms with Gasteiger partial charge in [-0.2, -0.15) is 0 Å². The van der Waals surface area contributed by atoms with Crippen LogP contribution in [0.25, 0.3) is 0 Å². The second-order valence-electron chi connectivity index (χ2n) is 4.93. The number of halogens is 2. The smallest absolute Gasteiger partial charge is 0.270 e. The first kappa shape index (κ1) is 19.2. The van der Waals surface area contributed by atoms with Crippen LogP contribution >= 0.6 is 0 Å². The van der Waals surface area contributed by atoms with Gasteiger partial charge in [0.25, 0.3) is 21.6 Å². The normalized spacial score (nSPS) is 11.0. The van der Waals surface area contributed by atoms with Crippen LogP contribution in [-0.4, -0.2) is 25.8 Å². The van der Waals surface area contributed by atoms with E-state index in [1.807, 2.05) is 0 Å². The number of carbonyl (C=O) groups is 1. The van der Waals surface area contributed by atoms with Crippen molar-refractivity contribution in [3.8, 4) is 0 Å². The lowest BCUT2D eigenvalue weighted by Crippen LogP contribution is -2.43. The lowest BCUT2D eigenvalue weighted by atomic mass is 10.3. The molecule has 0 bridgehead atoms. The Morgan fingerprint density at radius 2 is 1.92 bits per heavy atom. The first-order valence-corrected chi connectivity index (χ1v) is 8.32. The van der Waals surface area contributed by atoms with E-state index >= 15 is 0 Å². The van der Waals surface area contributed by atoms with Crippen molar-refractivity contribution in [2.24, 2.45) is 5.84 Å². The summed E-state index contributed by atoms with van der Waals surface area (Å²) < 4.78 is 53.2. The standard InChI is InChI=1S/C14H12F2N4O5S/c15-9-4-5-13(12(16)6-9)19(8-14(21)18-17)26(24,25)11-3-1-2-10(7-11)20(22)23/h1-7H,8,17H2,(H,18,21). The predicted molar refractivity (Wildman–Crippen MR) is 86.3 cm³/mol. The summed E-state index contributed by atoms with van der Waals surface area (Å²) in [6.45, 7) is -0.927. The fraction of sp³-hybridized carbons (Fsp3) is 0.0714. The lowest BCUT2D eigenvalue weighted by Gasteiger charge is -2.24. The van der Waals surface area contributed by atoms with E-state index in [-0.39, 0.29) is 0 Å². The average Bonchev–Trinajstić information content (AvgIpc) is 2.60. The summed E-state index contributed by atoms with van der Waals surface area (Å²) in [5, 5.41) is 10.9. The number of nitro benzene ring substituents is 1. The molecular formula is C14H12F2N4O5S. The number of anilines is 1. The third kappa shape index (κ3) is 3.92. The Labute approximate surface area is 146 Å². The highest BCUT2D eigenvalue weighted by atomic mass is 32.2. The van der Waals surface area contributed by atoms with E-state index in [1.165, 1.54) is 0 Å². The van der Waals surface area contributed by atoms with Crippen molar-refractivity contribution in [3.05, 3.63) is 64.2 Å². The van der Waals surface area contributed by atoms with Gasteiger partial charge in [-0.05, 0) is 18.2 Å². The number of nitro groups is 1. The summed E-state index contributed by atoms with van der Waals surface area (Å²) in [5.74, 6) is 1.76. The van der Waals surface area contributed by atoms with Crippen molar-refractivity contribution in [2.45, 2.75) is 4.90 Å². The van der Waals surface area contributed by atoms with Gasteiger partial charge in [0, 0.05) is 18.2 Å². The van der Waals surface area contributed by atoms with Crippen molar-refractivity contribution in [2.75, 3.05) is 10.8 Å². The zero-order valence-electron chi connectivity index (χ0n) is 12.9. The average molecular weight is 386 g/mol. The molecule has 0 heterocycles. The number of hydrogen-bond donors (Lipinski definition) is 2. The first-order chi connectivity index (χ1) is 12.2. The molecule has 0 aromatic heterocycles. The van der Waals surface area contributed by atoms with E-state index in [2.05, 4.69) is 0 Å². The number of nitrogens with one attached hydrogen (secondary N) is 1. The molecule has 2 rings (SSSR count). The maximum atomic E-state index is 14.1. The monoisotopic (exact) mass is 386 g/mol. The van der Waals surface area contributed by atoms with E-state index in [9.17, 15) is 32.1 Å². The Morgan fingerprint density at radius 1 is 1.23 bits per heavy atom. The highest BCUT2D eigenvalue weighted by molar-refractivity contribution is 7.92. The molecule has 12 heteroatoms. The molecular weight excluding hydrogens is 374 g/mol. The van der Waals surface area contributed by atoms with Crippen LogP contribution in [-0.2, 0) is 14.8 Å². The number of hydrazine groups is 1. The Hall–Kier alpha value is -3.12. The quantitative estimate of drug-likeness (QED) is 0.330. The largest absolute Gasteiger partial charge is 0.293 e. The minimum Gasteiger partial charge on any atom is -0.293 e. The summed E-state index contributed by atoms with van der Waals surface area (Å²) in [4.78, 5) is 21.1. The molecule has 0 unspecified atom stereocenters. The molecule has 0 aliphatic carbocycles. The van der Waals surface area contributed by atoms with Crippen LogP contribution in [0.15, 0.2) is 47.4 Å². The van der Waals surface area contributed by atoms with Crippen LogP contribution in [0.4, 0.5) is 20.2 Å². The van der Waals surface area contributed by atoms with Gasteiger partial charge in [-0.1, -0.05) is 6.07 Å². The van der Waals surface area contributed by atoms with Crippen molar-refractivity contribution in [1.29, 1.82) is 0 Å². The fourth-order valence-electron chi connectivity index (χ4n) is 2.04. The second-order valence-corrected chi connectivity index (χ2v) is 6.79. The molecule has 26 heavy (non-hydrogen) atoms. The van der Waals surface area contributed by atoms with Crippen molar-refractivity contribution in [1.82, 2.24) is 5.43 Å². The van der Waals surface area contributed by atoms with Crippen LogP contribution in [0, 0.1) is 21.7 Å². The maximum absolute atomic E-state index is 14.1. The van der Waals surface area contributed by atoms with Gasteiger partial charge in [0.1, 0.15) is 18.2 Å². The van der Waals surface area contributed by atoms with Gasteiger partial charge < -0.3 is 0 Å². The molecule has 138 valence electrons. The zero-order chi connectivity index (χ0) is 19.5. The molecule has 0 spiro atoms. The molecule has 0 aliphatic heterocycles. The second kappa shape index (κ2) is 7.41. The minimum absolute atomic E-state index is 0.336. The van der Waals surface area contributed by atoms with Crippen molar-refractivity contribution >= 4 is 27.3 Å². The van der Waals surface area contributed by atoms with Crippen LogP contribution < -0.4 is 15.6 Å². The number of rotatable bonds is 6. The zero-order valence-corrected chi connectivity index (χ0v) is 13.7. The molecule has 0 radical (unpaired) electrons. The number of nitrogens with two attached hydrogens (primary N) is 1. The Bertz CT molecular complexity index is 968. The molecule has 1 amide bonds. The van der Waals surface area contributed by atoms with E-state index < -0.39 is 55.3 Å². The molecule has 0 atom stereocenters. The number of non-ortho nitro benzene ring substituents is 1. The summed E-state index contributed by atoms with van der Waals surface area (Å²) in [7, 11) is -4.60. The summed E-state index contributed by atoms with van der Waals surface area (Å²) >= 11 is 0. The van der Waals surface area contributed by atoms with E-state index in [0.717, 1.165) is 36.4 Å². The van der Waals surface area contributed by atoms with Crippen LogP contribution in [0.5, 0.6) is 0 Å². The molecule has 2 aromatic carbocycles.